The van der Waals surface area contributed by atoms with Gasteiger partial charge >= 0.3 is 0 Å². The first-order valence-corrected chi connectivity index (χ1v) is 4.74. The van der Waals surface area contributed by atoms with E-state index in [1.165, 1.54) is 30.7 Å². The molecule has 0 unspecified atom stereocenters. The maximum Gasteiger partial charge on any atom is 0.0769 e. The molecule has 0 atom stereocenters. The highest BCUT2D eigenvalue weighted by molar-refractivity contribution is 4.50. The van der Waals surface area contributed by atoms with Crippen LogP contribution in [0.1, 0.15) is 27.2 Å². The van der Waals surface area contributed by atoms with Gasteiger partial charge in [-0.3, -0.25) is 0 Å². The molecule has 0 aromatic rings. The molecule has 0 fully saturated rings. The fourth-order valence-corrected chi connectivity index (χ4v) is 1.56. The van der Waals surface area contributed by atoms with Crippen LogP contribution in [-0.4, -0.2) is 37.2 Å². The lowest BCUT2D eigenvalue weighted by Gasteiger charge is -2.36. The summed E-state index contributed by atoms with van der Waals surface area (Å²) in [6, 6.07) is 0. The van der Waals surface area contributed by atoms with Crippen molar-refractivity contribution in [3.63, 3.8) is 0 Å². The quantitative estimate of drug-likeness (QED) is 0.530. The molecule has 0 amide bonds. The van der Waals surface area contributed by atoms with E-state index in [0.717, 1.165) is 6.42 Å². The summed E-state index contributed by atoms with van der Waals surface area (Å²) in [5.74, 6) is 0. The van der Waals surface area contributed by atoms with Gasteiger partial charge in [-0.1, -0.05) is 0 Å². The minimum atomic E-state index is 0.583. The van der Waals surface area contributed by atoms with Gasteiger partial charge in [0.25, 0.3) is 0 Å². The summed E-state index contributed by atoms with van der Waals surface area (Å²) in [5.41, 5.74) is 7.10. The fourth-order valence-electron chi connectivity index (χ4n) is 1.56. The summed E-state index contributed by atoms with van der Waals surface area (Å²) in [6.45, 7) is 12.2. The van der Waals surface area contributed by atoms with Crippen LogP contribution in [0.15, 0.2) is 0 Å². The van der Waals surface area contributed by atoms with Crippen molar-refractivity contribution in [1.29, 1.82) is 0 Å². The molecular formula is C9H22N2. The van der Waals surface area contributed by atoms with E-state index in [-0.39, 0.29) is 0 Å². The van der Waals surface area contributed by atoms with Crippen molar-refractivity contribution >= 4 is 0 Å². The second kappa shape index (κ2) is 5.56. The zero-order valence-corrected chi connectivity index (χ0v) is 8.19. The third-order valence-electron chi connectivity index (χ3n) is 2.82. The van der Waals surface area contributed by atoms with Crippen molar-refractivity contribution in [2.45, 2.75) is 27.2 Å². The van der Waals surface area contributed by atoms with Crippen molar-refractivity contribution in [1.82, 2.24) is 0 Å². The number of nitrogens with zero attached hydrogens (tertiary/aromatic N) is 1. The smallest absolute Gasteiger partial charge is 0.0769 e. The van der Waals surface area contributed by atoms with E-state index in [1.54, 1.807) is 0 Å². The average Bonchev–Trinajstić information content (AvgIpc) is 2.08. The van der Waals surface area contributed by atoms with E-state index in [0.29, 0.717) is 6.54 Å². The first-order chi connectivity index (χ1) is 5.24. The topological polar surface area (TPSA) is 23.8 Å². The van der Waals surface area contributed by atoms with Crippen LogP contribution >= 0.6 is 0 Å². The Balaban J connectivity index is 3.84. The number of hydrogen-bond acceptors (Lipinski definition) is 0. The minimum absolute atomic E-state index is 0.583. The molecule has 1 N–H and O–H groups in total. The van der Waals surface area contributed by atoms with Gasteiger partial charge in [-0.05, 0) is 27.2 Å². The lowest BCUT2D eigenvalue weighted by Crippen LogP contribution is -2.48. The van der Waals surface area contributed by atoms with Gasteiger partial charge in [-0.2, -0.15) is 0 Å². The second-order valence-electron chi connectivity index (χ2n) is 3.12. The Morgan fingerprint density at radius 2 is 1.45 bits per heavy atom. The molecule has 0 aromatic heterocycles. The Hall–Kier alpha value is -0.0800. The highest BCUT2D eigenvalue weighted by atomic mass is 15.3. The Kier molecular flexibility index (Phi) is 5.51. The molecular weight excluding hydrogens is 136 g/mol. The van der Waals surface area contributed by atoms with Crippen molar-refractivity contribution < 1.29 is 4.48 Å². The highest BCUT2D eigenvalue weighted by Gasteiger charge is 2.18. The summed E-state index contributed by atoms with van der Waals surface area (Å²) in [7, 11) is 0. The molecule has 0 radical (unpaired) electrons. The highest BCUT2D eigenvalue weighted by Crippen LogP contribution is 2.06. The van der Waals surface area contributed by atoms with E-state index in [1.807, 2.05) is 0 Å². The predicted octanol–water partition coefficient (Wildman–Crippen LogP) is 2.31. The van der Waals surface area contributed by atoms with Crippen LogP contribution in [0.25, 0.3) is 5.73 Å². The number of hydrogen-bond donors (Lipinski definition) is 0. The van der Waals surface area contributed by atoms with Crippen LogP contribution in [0.2, 0.25) is 0 Å². The molecule has 0 rings (SSSR count). The Labute approximate surface area is 71.0 Å². The SMILES string of the molecule is CC[N+](CC)(CC)CCC[NH-]. The van der Waals surface area contributed by atoms with Gasteiger partial charge in [-0.25, -0.2) is 0 Å². The Morgan fingerprint density at radius 3 is 1.73 bits per heavy atom. The third kappa shape index (κ3) is 3.21. The summed E-state index contributed by atoms with van der Waals surface area (Å²) >= 11 is 0. The summed E-state index contributed by atoms with van der Waals surface area (Å²) < 4.78 is 1.19. The van der Waals surface area contributed by atoms with Crippen LogP contribution < -0.4 is 0 Å². The molecule has 0 spiro atoms. The van der Waals surface area contributed by atoms with E-state index in [4.69, 9.17) is 5.73 Å². The standard InChI is InChI=1S/C9H22N2/c1-4-11(5-2,6-3)9-7-8-10/h10H,4-9H2,1-3H3. The summed E-state index contributed by atoms with van der Waals surface area (Å²) in [6.07, 6.45) is 1.05. The lowest BCUT2D eigenvalue weighted by atomic mass is 10.3. The molecule has 0 saturated heterocycles. The first kappa shape index (κ1) is 10.9. The maximum absolute atomic E-state index is 7.10. The lowest BCUT2D eigenvalue weighted by molar-refractivity contribution is -0.923. The van der Waals surface area contributed by atoms with Crippen molar-refractivity contribution in [2.24, 2.45) is 0 Å². The molecule has 11 heavy (non-hydrogen) atoms. The zero-order valence-electron chi connectivity index (χ0n) is 8.19. The van der Waals surface area contributed by atoms with Crippen LogP contribution in [0.4, 0.5) is 0 Å². The third-order valence-corrected chi connectivity index (χ3v) is 2.82. The molecule has 2 heteroatoms. The van der Waals surface area contributed by atoms with E-state index < -0.39 is 0 Å². The van der Waals surface area contributed by atoms with Gasteiger partial charge in [0.15, 0.2) is 0 Å². The molecule has 0 aliphatic heterocycles. The monoisotopic (exact) mass is 158 g/mol. The van der Waals surface area contributed by atoms with E-state index in [2.05, 4.69) is 20.8 Å². The van der Waals surface area contributed by atoms with Crippen LogP contribution in [0.5, 0.6) is 0 Å². The van der Waals surface area contributed by atoms with Crippen LogP contribution in [0, 0.1) is 0 Å². The molecule has 0 aromatic carbocycles. The second-order valence-corrected chi connectivity index (χ2v) is 3.12. The summed E-state index contributed by atoms with van der Waals surface area (Å²) in [5, 5.41) is 0. The molecule has 2 nitrogen and oxygen atoms in total. The van der Waals surface area contributed by atoms with Crippen LogP contribution in [-0.2, 0) is 0 Å². The van der Waals surface area contributed by atoms with Crippen molar-refractivity contribution in [3.05, 3.63) is 5.73 Å². The van der Waals surface area contributed by atoms with Gasteiger partial charge in [0.05, 0.1) is 26.2 Å². The molecule has 0 heterocycles. The van der Waals surface area contributed by atoms with Gasteiger partial charge in [0.2, 0.25) is 0 Å². The number of quaternary nitrogens is 1. The Bertz CT molecular complexity index is 79.3. The number of rotatable bonds is 6. The van der Waals surface area contributed by atoms with E-state index in [9.17, 15) is 0 Å². The normalized spacial score (nSPS) is 12.0. The molecule has 0 aliphatic carbocycles. The molecule has 0 bridgehead atoms. The Morgan fingerprint density at radius 1 is 1.00 bits per heavy atom. The maximum atomic E-state index is 7.10. The molecule has 0 saturated carbocycles. The first-order valence-electron chi connectivity index (χ1n) is 4.74. The van der Waals surface area contributed by atoms with Gasteiger partial charge in [-0.15, -0.1) is 6.54 Å². The van der Waals surface area contributed by atoms with Gasteiger partial charge < -0.3 is 10.2 Å². The largest absolute Gasteiger partial charge is 0.677 e. The predicted molar refractivity (Wildman–Crippen MR) is 50.6 cm³/mol. The van der Waals surface area contributed by atoms with Gasteiger partial charge in [0.1, 0.15) is 0 Å². The van der Waals surface area contributed by atoms with Gasteiger partial charge in [0, 0.05) is 0 Å². The average molecular weight is 158 g/mol. The minimum Gasteiger partial charge on any atom is -0.677 e. The molecule has 0 aliphatic rings. The fraction of sp³-hybridized carbons (Fsp3) is 1.00. The van der Waals surface area contributed by atoms with Crippen LogP contribution in [0.3, 0.4) is 0 Å². The zero-order chi connectivity index (χ0) is 8.74. The molecule has 68 valence electrons. The number of nitrogens with one attached hydrogen (secondary N) is 1. The van der Waals surface area contributed by atoms with E-state index >= 15 is 0 Å². The van der Waals surface area contributed by atoms with Crippen molar-refractivity contribution in [2.75, 3.05) is 32.7 Å². The summed E-state index contributed by atoms with van der Waals surface area (Å²) in [4.78, 5) is 0. The van der Waals surface area contributed by atoms with Crippen molar-refractivity contribution in [3.8, 4) is 0 Å².